The largest absolute Gasteiger partial charge is 0.457 e. The molecule has 0 fully saturated rings. The van der Waals surface area contributed by atoms with Gasteiger partial charge in [-0.15, -0.1) is 0 Å². The summed E-state index contributed by atoms with van der Waals surface area (Å²) in [5.41, 5.74) is 0.979. The zero-order chi connectivity index (χ0) is 18.9. The molecule has 0 aliphatic carbocycles. The first-order valence-electron chi connectivity index (χ1n) is 8.18. The Morgan fingerprint density at radius 1 is 1.07 bits per heavy atom. The number of pyridine rings is 1. The van der Waals surface area contributed by atoms with Crippen molar-refractivity contribution >= 4 is 23.4 Å². The molecule has 0 saturated carbocycles. The van der Waals surface area contributed by atoms with E-state index in [9.17, 15) is 13.2 Å². The van der Waals surface area contributed by atoms with Crippen molar-refractivity contribution in [3.8, 4) is 11.5 Å². The van der Waals surface area contributed by atoms with Gasteiger partial charge < -0.3 is 9.64 Å². The maximum atomic E-state index is 12.8. The highest BCUT2D eigenvalue weighted by atomic mass is 32.2. The van der Waals surface area contributed by atoms with E-state index in [2.05, 4.69) is 14.3 Å². The van der Waals surface area contributed by atoms with Crippen LogP contribution in [0.1, 0.15) is 11.3 Å². The predicted molar refractivity (Wildman–Crippen MR) is 99.5 cm³/mol. The van der Waals surface area contributed by atoms with Gasteiger partial charge in [0.1, 0.15) is 23.0 Å². The molecule has 1 aromatic heterocycles. The highest BCUT2D eigenvalue weighted by Gasteiger charge is 2.32. The topological polar surface area (TPSA) is 37.7 Å². The Bertz CT molecular complexity index is 936. The summed E-state index contributed by atoms with van der Waals surface area (Å²) in [4.78, 5) is 5.43. The average molecular weight is 389 g/mol. The predicted octanol–water partition coefficient (Wildman–Crippen LogP) is 5.17. The van der Waals surface area contributed by atoms with Crippen molar-refractivity contribution in [2.24, 2.45) is 4.40 Å². The number of nitrogens with zero attached hydrogens (tertiary/aromatic N) is 3. The lowest BCUT2D eigenvalue weighted by Gasteiger charge is -2.29. The average Bonchev–Trinajstić information content (AvgIpc) is 2.68. The molecule has 2 aliphatic rings. The molecule has 0 bridgehead atoms. The zero-order valence-electron chi connectivity index (χ0n) is 14.0. The SMILES string of the molecule is FC(F)(F)c1cc(Oc2ccc(C3=CC=CN4CCSN=C34)cc2)ccn1. The molecule has 0 spiro atoms. The Kier molecular flexibility index (Phi) is 4.65. The molecule has 4 nitrogen and oxygen atoms in total. The standard InChI is InChI=1S/C19H14F3N3OS/c20-19(21,22)17-12-15(7-8-23-17)26-14-5-3-13(4-6-14)16-2-1-9-25-10-11-27-24-18(16)25/h1-9,12H,10-11H2. The molecule has 0 atom stereocenters. The molecule has 0 saturated heterocycles. The van der Waals surface area contributed by atoms with E-state index in [1.165, 1.54) is 18.0 Å². The Hall–Kier alpha value is -2.74. The van der Waals surface area contributed by atoms with Gasteiger partial charge in [0.25, 0.3) is 0 Å². The number of fused-ring (bicyclic) bond motifs is 1. The van der Waals surface area contributed by atoms with Crippen LogP contribution in [0.25, 0.3) is 5.57 Å². The number of hydrogen-bond donors (Lipinski definition) is 0. The minimum Gasteiger partial charge on any atom is -0.457 e. The van der Waals surface area contributed by atoms with Gasteiger partial charge in [-0.05, 0) is 47.9 Å². The van der Waals surface area contributed by atoms with E-state index < -0.39 is 11.9 Å². The second-order valence-electron chi connectivity index (χ2n) is 5.86. The van der Waals surface area contributed by atoms with E-state index in [0.29, 0.717) is 5.75 Å². The van der Waals surface area contributed by atoms with E-state index in [1.807, 2.05) is 30.5 Å². The van der Waals surface area contributed by atoms with E-state index in [-0.39, 0.29) is 5.75 Å². The van der Waals surface area contributed by atoms with Crippen LogP contribution in [0.2, 0.25) is 0 Å². The van der Waals surface area contributed by atoms with E-state index >= 15 is 0 Å². The molecule has 3 heterocycles. The number of ether oxygens (including phenoxy) is 1. The number of rotatable bonds is 3. The molecule has 8 heteroatoms. The van der Waals surface area contributed by atoms with E-state index in [0.717, 1.165) is 41.5 Å². The minimum absolute atomic E-state index is 0.0871. The van der Waals surface area contributed by atoms with Crippen LogP contribution >= 0.6 is 11.9 Å². The summed E-state index contributed by atoms with van der Waals surface area (Å²) in [6.07, 6.45) is 2.55. The van der Waals surface area contributed by atoms with Crippen LogP contribution in [0.15, 0.2) is 65.3 Å². The summed E-state index contributed by atoms with van der Waals surface area (Å²) < 4.78 is 48.3. The second kappa shape index (κ2) is 7.11. The molecular weight excluding hydrogens is 375 g/mol. The minimum atomic E-state index is -4.51. The summed E-state index contributed by atoms with van der Waals surface area (Å²) in [6, 6.07) is 9.46. The lowest BCUT2D eigenvalue weighted by atomic mass is 10.0. The van der Waals surface area contributed by atoms with Crippen molar-refractivity contribution in [2.75, 3.05) is 12.3 Å². The third kappa shape index (κ3) is 3.85. The maximum absolute atomic E-state index is 12.8. The highest BCUT2D eigenvalue weighted by molar-refractivity contribution is 7.98. The molecule has 2 aliphatic heterocycles. The fourth-order valence-corrected chi connectivity index (χ4v) is 3.46. The molecule has 1 aromatic carbocycles. The molecule has 0 unspecified atom stereocenters. The molecule has 4 rings (SSSR count). The molecule has 0 N–H and O–H groups in total. The van der Waals surface area contributed by atoms with Crippen molar-refractivity contribution in [2.45, 2.75) is 6.18 Å². The maximum Gasteiger partial charge on any atom is 0.433 e. The molecule has 27 heavy (non-hydrogen) atoms. The van der Waals surface area contributed by atoms with Crippen LogP contribution in [-0.2, 0) is 6.18 Å². The Balaban J connectivity index is 1.54. The number of benzene rings is 1. The van der Waals surface area contributed by atoms with Gasteiger partial charge in [-0.1, -0.05) is 12.1 Å². The summed E-state index contributed by atoms with van der Waals surface area (Å²) in [5.74, 6) is 2.39. The van der Waals surface area contributed by atoms with Crippen LogP contribution in [0.4, 0.5) is 13.2 Å². The summed E-state index contributed by atoms with van der Waals surface area (Å²) >= 11 is 1.54. The van der Waals surface area contributed by atoms with Crippen molar-refractivity contribution < 1.29 is 17.9 Å². The fourth-order valence-electron chi connectivity index (χ4n) is 2.76. The Morgan fingerprint density at radius 3 is 2.67 bits per heavy atom. The van der Waals surface area contributed by atoms with Gasteiger partial charge in [0.2, 0.25) is 0 Å². The van der Waals surface area contributed by atoms with Gasteiger partial charge in [0.15, 0.2) is 0 Å². The third-order valence-corrected chi connectivity index (χ3v) is 4.71. The first-order valence-corrected chi connectivity index (χ1v) is 9.12. The second-order valence-corrected chi connectivity index (χ2v) is 6.71. The highest BCUT2D eigenvalue weighted by Crippen LogP contribution is 2.32. The van der Waals surface area contributed by atoms with Crippen molar-refractivity contribution in [1.29, 1.82) is 0 Å². The molecule has 2 aromatic rings. The van der Waals surface area contributed by atoms with Gasteiger partial charge in [0, 0.05) is 36.3 Å². The molecule has 138 valence electrons. The lowest BCUT2D eigenvalue weighted by Crippen LogP contribution is -2.32. The van der Waals surface area contributed by atoms with Crippen LogP contribution < -0.4 is 4.74 Å². The van der Waals surface area contributed by atoms with Crippen molar-refractivity contribution in [3.63, 3.8) is 0 Å². The van der Waals surface area contributed by atoms with Crippen LogP contribution in [-0.4, -0.2) is 28.0 Å². The first kappa shape index (κ1) is 17.7. The number of alkyl halides is 3. The normalized spacial score (nSPS) is 16.5. The van der Waals surface area contributed by atoms with Crippen LogP contribution in [0.5, 0.6) is 11.5 Å². The monoisotopic (exact) mass is 389 g/mol. The smallest absolute Gasteiger partial charge is 0.433 e. The van der Waals surface area contributed by atoms with Gasteiger partial charge in [0.05, 0.1) is 0 Å². The molecule has 0 amide bonds. The van der Waals surface area contributed by atoms with Crippen LogP contribution in [0, 0.1) is 0 Å². The van der Waals surface area contributed by atoms with Gasteiger partial charge in [-0.2, -0.15) is 17.6 Å². The zero-order valence-corrected chi connectivity index (χ0v) is 14.8. The van der Waals surface area contributed by atoms with Gasteiger partial charge >= 0.3 is 6.18 Å². The number of aromatic nitrogens is 1. The number of halogens is 3. The third-order valence-electron chi connectivity index (χ3n) is 4.04. The number of amidine groups is 1. The Labute approximate surface area is 158 Å². The summed E-state index contributed by atoms with van der Waals surface area (Å²) in [5, 5.41) is 0. The molecule has 0 radical (unpaired) electrons. The van der Waals surface area contributed by atoms with Crippen molar-refractivity contribution in [1.82, 2.24) is 9.88 Å². The Morgan fingerprint density at radius 2 is 1.89 bits per heavy atom. The van der Waals surface area contributed by atoms with Crippen LogP contribution in [0.3, 0.4) is 0 Å². The number of hydrogen-bond acceptors (Lipinski definition) is 5. The fraction of sp³-hybridized carbons (Fsp3) is 0.158. The first-order chi connectivity index (χ1) is 13.0. The van der Waals surface area contributed by atoms with E-state index in [1.54, 1.807) is 12.1 Å². The van der Waals surface area contributed by atoms with Gasteiger partial charge in [-0.25, -0.2) is 0 Å². The summed E-state index contributed by atoms with van der Waals surface area (Å²) in [7, 11) is 0. The lowest BCUT2D eigenvalue weighted by molar-refractivity contribution is -0.141. The summed E-state index contributed by atoms with van der Waals surface area (Å²) in [6.45, 7) is 0.905. The molecular formula is C19H14F3N3OS. The van der Waals surface area contributed by atoms with Gasteiger partial charge in [-0.3, -0.25) is 4.98 Å². The quantitative estimate of drug-likeness (QED) is 0.679. The number of allylic oxidation sites excluding steroid dienone is 2. The van der Waals surface area contributed by atoms with Crippen molar-refractivity contribution in [3.05, 3.63) is 72.2 Å². The van der Waals surface area contributed by atoms with E-state index in [4.69, 9.17) is 4.74 Å².